The Balaban J connectivity index is 1.46. The van der Waals surface area contributed by atoms with E-state index in [1.54, 1.807) is 6.07 Å². The normalized spacial score (nSPS) is 14.2. The number of rotatable bonds is 5. The van der Waals surface area contributed by atoms with E-state index in [1.165, 1.54) is 12.1 Å². The van der Waals surface area contributed by atoms with Crippen molar-refractivity contribution in [3.8, 4) is 11.4 Å². The predicted octanol–water partition coefficient (Wildman–Crippen LogP) is 3.00. The Morgan fingerprint density at radius 1 is 1.27 bits per heavy atom. The first-order valence-corrected chi connectivity index (χ1v) is 8.82. The first-order chi connectivity index (χ1) is 12.7. The van der Waals surface area contributed by atoms with E-state index >= 15 is 0 Å². The average Bonchev–Trinajstić information content (AvgIpc) is 3.07. The maximum atomic E-state index is 13.5. The summed E-state index contributed by atoms with van der Waals surface area (Å²) in [5.74, 6) is 1.14. The quantitative estimate of drug-likeness (QED) is 0.739. The summed E-state index contributed by atoms with van der Waals surface area (Å²) in [6.45, 7) is 5.33. The fraction of sp³-hybridized carbons (Fsp3) is 0.316. The number of aromatic amines is 1. The zero-order chi connectivity index (χ0) is 17.9. The molecule has 26 heavy (non-hydrogen) atoms. The molecule has 134 valence electrons. The van der Waals surface area contributed by atoms with E-state index in [4.69, 9.17) is 0 Å². The van der Waals surface area contributed by atoms with Gasteiger partial charge in [-0.2, -0.15) is 0 Å². The molecule has 0 amide bonds. The predicted molar refractivity (Wildman–Crippen MR) is 98.0 cm³/mol. The maximum Gasteiger partial charge on any atom is 0.222 e. The SMILES string of the molecule is CCNc1ncc(CN2CCc3nc(-c4cccc(F)c4)[nH]c3C2)cn1. The summed E-state index contributed by atoms with van der Waals surface area (Å²) in [6, 6.07) is 6.52. The van der Waals surface area contributed by atoms with Crippen molar-refractivity contribution in [1.29, 1.82) is 0 Å². The van der Waals surface area contributed by atoms with Gasteiger partial charge in [0.25, 0.3) is 0 Å². The number of halogens is 1. The van der Waals surface area contributed by atoms with Gasteiger partial charge in [0.05, 0.1) is 11.4 Å². The molecule has 2 aromatic heterocycles. The number of nitrogens with one attached hydrogen (secondary N) is 2. The zero-order valence-corrected chi connectivity index (χ0v) is 14.7. The number of imidazole rings is 1. The number of anilines is 1. The first kappa shape index (κ1) is 16.7. The number of hydrogen-bond donors (Lipinski definition) is 2. The monoisotopic (exact) mass is 352 g/mol. The number of nitrogens with zero attached hydrogens (tertiary/aromatic N) is 4. The second kappa shape index (κ2) is 7.21. The molecule has 1 aromatic carbocycles. The van der Waals surface area contributed by atoms with Crippen LogP contribution in [-0.2, 0) is 19.5 Å². The van der Waals surface area contributed by atoms with E-state index in [0.29, 0.717) is 5.95 Å². The van der Waals surface area contributed by atoms with Crippen LogP contribution in [0, 0.1) is 5.82 Å². The molecule has 0 bridgehead atoms. The Morgan fingerprint density at radius 3 is 2.88 bits per heavy atom. The van der Waals surface area contributed by atoms with Gasteiger partial charge in [-0.05, 0) is 19.1 Å². The van der Waals surface area contributed by atoms with Gasteiger partial charge in [-0.25, -0.2) is 19.3 Å². The van der Waals surface area contributed by atoms with Crippen molar-refractivity contribution in [3.63, 3.8) is 0 Å². The number of hydrogen-bond acceptors (Lipinski definition) is 5. The molecule has 0 spiro atoms. The summed E-state index contributed by atoms with van der Waals surface area (Å²) < 4.78 is 13.5. The van der Waals surface area contributed by atoms with Gasteiger partial charge in [0.15, 0.2) is 0 Å². The summed E-state index contributed by atoms with van der Waals surface area (Å²) >= 11 is 0. The molecule has 0 saturated carbocycles. The molecule has 2 N–H and O–H groups in total. The summed E-state index contributed by atoms with van der Waals surface area (Å²) in [4.78, 5) is 19.0. The number of H-pyrrole nitrogens is 1. The standard InChI is InChI=1S/C19H21FN6/c1-2-21-19-22-9-13(10-23-19)11-26-7-6-16-17(12-26)25-18(24-16)14-4-3-5-15(20)8-14/h3-5,8-10H,2,6-7,11-12H2,1H3,(H,24,25)(H,21,22,23). The Hall–Kier alpha value is -2.80. The molecule has 1 aliphatic rings. The van der Waals surface area contributed by atoms with Crippen molar-refractivity contribution in [2.75, 3.05) is 18.4 Å². The van der Waals surface area contributed by atoms with Crippen molar-refractivity contribution < 1.29 is 4.39 Å². The summed E-state index contributed by atoms with van der Waals surface area (Å²) in [7, 11) is 0. The van der Waals surface area contributed by atoms with Gasteiger partial charge >= 0.3 is 0 Å². The lowest BCUT2D eigenvalue weighted by Gasteiger charge is -2.25. The van der Waals surface area contributed by atoms with Crippen LogP contribution in [0.4, 0.5) is 10.3 Å². The lowest BCUT2D eigenvalue weighted by molar-refractivity contribution is 0.241. The second-order valence-electron chi connectivity index (χ2n) is 6.43. The minimum atomic E-state index is -0.250. The Morgan fingerprint density at radius 2 is 2.12 bits per heavy atom. The van der Waals surface area contributed by atoms with Crippen molar-refractivity contribution in [2.24, 2.45) is 0 Å². The lowest BCUT2D eigenvalue weighted by Crippen LogP contribution is -2.30. The van der Waals surface area contributed by atoms with Crippen LogP contribution in [0.3, 0.4) is 0 Å². The van der Waals surface area contributed by atoms with Crippen LogP contribution in [0.2, 0.25) is 0 Å². The molecule has 0 saturated heterocycles. The molecular formula is C19H21FN6. The van der Waals surface area contributed by atoms with Crippen LogP contribution in [0.15, 0.2) is 36.7 Å². The molecule has 0 fully saturated rings. The summed E-state index contributed by atoms with van der Waals surface area (Å²) in [6.07, 6.45) is 4.61. The van der Waals surface area contributed by atoms with Gasteiger partial charge in [-0.15, -0.1) is 0 Å². The van der Waals surface area contributed by atoms with E-state index in [1.807, 2.05) is 25.4 Å². The van der Waals surface area contributed by atoms with Crippen LogP contribution < -0.4 is 5.32 Å². The van der Waals surface area contributed by atoms with E-state index < -0.39 is 0 Å². The molecule has 0 atom stereocenters. The van der Waals surface area contributed by atoms with E-state index in [9.17, 15) is 4.39 Å². The highest BCUT2D eigenvalue weighted by molar-refractivity contribution is 5.56. The van der Waals surface area contributed by atoms with Crippen LogP contribution in [0.25, 0.3) is 11.4 Å². The molecule has 7 heteroatoms. The lowest BCUT2D eigenvalue weighted by atomic mass is 10.1. The molecule has 0 radical (unpaired) electrons. The minimum Gasteiger partial charge on any atom is -0.355 e. The highest BCUT2D eigenvalue weighted by atomic mass is 19.1. The van der Waals surface area contributed by atoms with Crippen molar-refractivity contribution in [3.05, 3.63) is 59.4 Å². The van der Waals surface area contributed by atoms with E-state index in [0.717, 1.165) is 60.9 Å². The van der Waals surface area contributed by atoms with E-state index in [-0.39, 0.29) is 5.82 Å². The smallest absolute Gasteiger partial charge is 0.222 e. The molecule has 3 aromatic rings. The summed E-state index contributed by atoms with van der Waals surface area (Å²) in [5.41, 5.74) is 4.03. The van der Waals surface area contributed by atoms with Gasteiger partial charge in [0.2, 0.25) is 5.95 Å². The van der Waals surface area contributed by atoms with Crippen LogP contribution in [-0.4, -0.2) is 37.9 Å². The van der Waals surface area contributed by atoms with Crippen LogP contribution in [0.5, 0.6) is 0 Å². The maximum absolute atomic E-state index is 13.5. The third-order valence-electron chi connectivity index (χ3n) is 4.46. The van der Waals surface area contributed by atoms with Crippen molar-refractivity contribution >= 4 is 5.95 Å². The fourth-order valence-electron chi connectivity index (χ4n) is 3.20. The molecule has 0 aliphatic carbocycles. The molecule has 1 aliphatic heterocycles. The summed E-state index contributed by atoms with van der Waals surface area (Å²) in [5, 5.41) is 3.10. The second-order valence-corrected chi connectivity index (χ2v) is 6.43. The van der Waals surface area contributed by atoms with Crippen LogP contribution in [0.1, 0.15) is 23.9 Å². The highest BCUT2D eigenvalue weighted by Crippen LogP contribution is 2.24. The Kier molecular flexibility index (Phi) is 4.62. The van der Waals surface area contributed by atoms with Gasteiger partial charge < -0.3 is 10.3 Å². The van der Waals surface area contributed by atoms with Crippen molar-refractivity contribution in [1.82, 2.24) is 24.8 Å². The third-order valence-corrected chi connectivity index (χ3v) is 4.46. The molecule has 6 nitrogen and oxygen atoms in total. The molecule has 4 rings (SSSR count). The van der Waals surface area contributed by atoms with Gasteiger partial charge in [0, 0.05) is 56.1 Å². The third kappa shape index (κ3) is 3.57. The Bertz CT molecular complexity index is 889. The van der Waals surface area contributed by atoms with E-state index in [2.05, 4.69) is 30.2 Å². The zero-order valence-electron chi connectivity index (χ0n) is 14.7. The van der Waals surface area contributed by atoms with Crippen molar-refractivity contribution in [2.45, 2.75) is 26.4 Å². The fourth-order valence-corrected chi connectivity index (χ4v) is 3.20. The largest absolute Gasteiger partial charge is 0.355 e. The number of fused-ring (bicyclic) bond motifs is 1. The molecular weight excluding hydrogens is 331 g/mol. The molecule has 0 unspecified atom stereocenters. The van der Waals surface area contributed by atoms with Gasteiger partial charge in [-0.3, -0.25) is 4.90 Å². The van der Waals surface area contributed by atoms with Gasteiger partial charge in [-0.1, -0.05) is 12.1 Å². The van der Waals surface area contributed by atoms with Crippen LogP contribution >= 0.6 is 0 Å². The number of benzene rings is 1. The number of aromatic nitrogens is 4. The topological polar surface area (TPSA) is 69.7 Å². The average molecular weight is 352 g/mol. The minimum absolute atomic E-state index is 0.250. The highest BCUT2D eigenvalue weighted by Gasteiger charge is 2.21. The van der Waals surface area contributed by atoms with Gasteiger partial charge in [0.1, 0.15) is 11.6 Å². The molecule has 3 heterocycles. The Labute approximate surface area is 151 Å². The first-order valence-electron chi connectivity index (χ1n) is 8.82.